The zero-order valence-corrected chi connectivity index (χ0v) is 12.4. The van der Waals surface area contributed by atoms with Crippen LogP contribution >= 0.6 is 11.6 Å². The minimum atomic E-state index is -1.02. The van der Waals surface area contributed by atoms with Crippen molar-refractivity contribution < 1.29 is 14.7 Å². The lowest BCUT2D eigenvalue weighted by molar-refractivity contribution is -0.136. The van der Waals surface area contributed by atoms with E-state index in [1.165, 1.54) is 6.20 Å². The molecule has 22 heavy (non-hydrogen) atoms. The predicted molar refractivity (Wildman–Crippen MR) is 81.3 cm³/mol. The van der Waals surface area contributed by atoms with Crippen molar-refractivity contribution in [1.29, 1.82) is 0 Å². The molecule has 0 bridgehead atoms. The van der Waals surface area contributed by atoms with Gasteiger partial charge in [-0.05, 0) is 18.2 Å². The predicted octanol–water partition coefficient (Wildman–Crippen LogP) is 2.41. The largest absolute Gasteiger partial charge is 0.481 e. The van der Waals surface area contributed by atoms with Gasteiger partial charge in [-0.2, -0.15) is 0 Å². The van der Waals surface area contributed by atoms with Gasteiger partial charge in [0.25, 0.3) is 0 Å². The van der Waals surface area contributed by atoms with E-state index in [0.29, 0.717) is 21.5 Å². The number of halogens is 1. The lowest BCUT2D eigenvalue weighted by atomic mass is 10.0. The van der Waals surface area contributed by atoms with Gasteiger partial charge in [0.15, 0.2) is 5.82 Å². The van der Waals surface area contributed by atoms with Crippen LogP contribution in [0.3, 0.4) is 0 Å². The zero-order valence-electron chi connectivity index (χ0n) is 11.6. The molecule has 2 N–H and O–H groups in total. The van der Waals surface area contributed by atoms with Gasteiger partial charge in [0.2, 0.25) is 5.78 Å². The number of aromatic amines is 1. The fourth-order valence-corrected chi connectivity index (χ4v) is 2.62. The SMILES string of the molecule is Cn1ccnc1C(=O)c1[nH]c2ccc(Cl)cc2c1CC(=O)O. The molecular formula is C15H12ClN3O3. The summed E-state index contributed by atoms with van der Waals surface area (Å²) in [5, 5.41) is 10.2. The van der Waals surface area contributed by atoms with Crippen LogP contribution in [0, 0.1) is 0 Å². The molecule has 0 unspecified atom stereocenters. The van der Waals surface area contributed by atoms with Gasteiger partial charge in [0, 0.05) is 40.9 Å². The highest BCUT2D eigenvalue weighted by molar-refractivity contribution is 6.31. The number of aliphatic carboxylic acids is 1. The van der Waals surface area contributed by atoms with Crippen molar-refractivity contribution >= 4 is 34.3 Å². The molecule has 112 valence electrons. The fraction of sp³-hybridized carbons (Fsp3) is 0.133. The summed E-state index contributed by atoms with van der Waals surface area (Å²) in [6.07, 6.45) is 2.90. The summed E-state index contributed by atoms with van der Waals surface area (Å²) in [6.45, 7) is 0. The van der Waals surface area contributed by atoms with Crippen molar-refractivity contribution in [3.05, 3.63) is 52.7 Å². The topological polar surface area (TPSA) is 88.0 Å². The summed E-state index contributed by atoms with van der Waals surface area (Å²) in [6, 6.07) is 5.05. The summed E-state index contributed by atoms with van der Waals surface area (Å²) in [7, 11) is 1.70. The molecule has 3 aromatic rings. The Bertz CT molecular complexity index is 895. The van der Waals surface area contributed by atoms with E-state index in [2.05, 4.69) is 9.97 Å². The number of carbonyl (C=O) groups is 2. The van der Waals surface area contributed by atoms with Crippen LogP contribution in [0.25, 0.3) is 10.9 Å². The maximum absolute atomic E-state index is 12.6. The number of ketones is 1. The van der Waals surface area contributed by atoms with Gasteiger partial charge in [-0.1, -0.05) is 11.6 Å². The van der Waals surface area contributed by atoms with Gasteiger partial charge in [-0.15, -0.1) is 0 Å². The molecule has 3 rings (SSSR count). The number of nitrogens with zero attached hydrogens (tertiary/aromatic N) is 2. The van der Waals surface area contributed by atoms with Gasteiger partial charge in [0.1, 0.15) is 0 Å². The first-order valence-corrected chi connectivity index (χ1v) is 6.89. The van der Waals surface area contributed by atoms with Crippen molar-refractivity contribution in [3.8, 4) is 0 Å². The second kappa shape index (κ2) is 5.31. The van der Waals surface area contributed by atoms with Crippen LogP contribution in [-0.4, -0.2) is 31.4 Å². The highest BCUT2D eigenvalue weighted by Crippen LogP contribution is 2.27. The molecule has 0 radical (unpaired) electrons. The van der Waals surface area contributed by atoms with Crippen molar-refractivity contribution in [2.24, 2.45) is 7.05 Å². The van der Waals surface area contributed by atoms with Gasteiger partial charge in [-0.25, -0.2) is 4.98 Å². The number of H-pyrrole nitrogens is 1. The molecule has 0 spiro atoms. The standard InChI is InChI=1S/C15H12ClN3O3/c1-19-5-4-17-15(19)14(22)13-10(7-12(20)21)9-6-8(16)2-3-11(9)18-13/h2-6,18H,7H2,1H3,(H,20,21). The second-order valence-corrected chi connectivity index (χ2v) is 5.37. The first-order chi connectivity index (χ1) is 10.5. The lowest BCUT2D eigenvalue weighted by Gasteiger charge is -2.02. The third kappa shape index (κ3) is 2.37. The van der Waals surface area contributed by atoms with Gasteiger partial charge in [0.05, 0.1) is 12.1 Å². The Balaban J connectivity index is 2.22. The van der Waals surface area contributed by atoms with E-state index in [1.54, 1.807) is 36.0 Å². The van der Waals surface area contributed by atoms with Gasteiger partial charge < -0.3 is 14.7 Å². The average molecular weight is 318 g/mol. The summed E-state index contributed by atoms with van der Waals surface area (Å²) in [5.41, 5.74) is 1.31. The number of carboxylic acid groups (broad SMARTS) is 1. The Kier molecular flexibility index (Phi) is 3.46. The van der Waals surface area contributed by atoms with E-state index in [0.717, 1.165) is 0 Å². The Morgan fingerprint density at radius 3 is 2.82 bits per heavy atom. The number of imidazole rings is 1. The number of nitrogens with one attached hydrogen (secondary N) is 1. The summed E-state index contributed by atoms with van der Waals surface area (Å²) in [4.78, 5) is 30.8. The van der Waals surface area contributed by atoms with E-state index in [-0.39, 0.29) is 23.7 Å². The highest BCUT2D eigenvalue weighted by Gasteiger charge is 2.23. The zero-order chi connectivity index (χ0) is 15.9. The van der Waals surface area contributed by atoms with Crippen molar-refractivity contribution in [1.82, 2.24) is 14.5 Å². The average Bonchev–Trinajstić information content (AvgIpc) is 3.02. The molecule has 2 heterocycles. The molecule has 0 amide bonds. The highest BCUT2D eigenvalue weighted by atomic mass is 35.5. The van der Waals surface area contributed by atoms with E-state index < -0.39 is 5.97 Å². The van der Waals surface area contributed by atoms with Gasteiger partial charge >= 0.3 is 5.97 Å². The van der Waals surface area contributed by atoms with E-state index >= 15 is 0 Å². The van der Waals surface area contributed by atoms with E-state index in [1.807, 2.05) is 0 Å². The monoisotopic (exact) mass is 317 g/mol. The quantitative estimate of drug-likeness (QED) is 0.723. The van der Waals surface area contributed by atoms with Crippen LogP contribution in [0.2, 0.25) is 5.02 Å². The van der Waals surface area contributed by atoms with Crippen molar-refractivity contribution in [3.63, 3.8) is 0 Å². The number of hydrogen-bond donors (Lipinski definition) is 2. The van der Waals surface area contributed by atoms with Crippen LogP contribution in [-0.2, 0) is 18.3 Å². The number of aromatic nitrogens is 3. The number of benzene rings is 1. The van der Waals surface area contributed by atoms with Gasteiger partial charge in [-0.3, -0.25) is 9.59 Å². The summed E-state index contributed by atoms with van der Waals surface area (Å²) >= 11 is 5.98. The van der Waals surface area contributed by atoms with E-state index in [4.69, 9.17) is 16.7 Å². The Morgan fingerprint density at radius 1 is 1.41 bits per heavy atom. The van der Waals surface area contributed by atoms with Crippen LogP contribution in [0.4, 0.5) is 0 Å². The molecule has 0 aliphatic rings. The second-order valence-electron chi connectivity index (χ2n) is 4.93. The number of fused-ring (bicyclic) bond motifs is 1. The normalized spacial score (nSPS) is 11.0. The minimum Gasteiger partial charge on any atom is -0.481 e. The van der Waals surface area contributed by atoms with Crippen LogP contribution in [0.5, 0.6) is 0 Å². The first kappa shape index (κ1) is 14.3. The van der Waals surface area contributed by atoms with Crippen LogP contribution in [0.1, 0.15) is 21.9 Å². The number of carbonyl (C=O) groups excluding carboxylic acids is 1. The maximum atomic E-state index is 12.6. The molecular weight excluding hydrogens is 306 g/mol. The molecule has 0 aliphatic carbocycles. The van der Waals surface area contributed by atoms with Crippen molar-refractivity contribution in [2.45, 2.75) is 6.42 Å². The lowest BCUT2D eigenvalue weighted by Crippen LogP contribution is -2.12. The molecule has 0 saturated heterocycles. The Morgan fingerprint density at radius 2 is 2.18 bits per heavy atom. The van der Waals surface area contributed by atoms with Crippen LogP contribution in [0.15, 0.2) is 30.6 Å². The number of hydrogen-bond acceptors (Lipinski definition) is 3. The van der Waals surface area contributed by atoms with Crippen LogP contribution < -0.4 is 0 Å². The summed E-state index contributed by atoms with van der Waals surface area (Å²) < 4.78 is 1.59. The van der Waals surface area contributed by atoms with Crippen molar-refractivity contribution in [2.75, 3.05) is 0 Å². The maximum Gasteiger partial charge on any atom is 0.307 e. The molecule has 2 aromatic heterocycles. The Labute approximate surface area is 130 Å². The molecule has 1 aromatic carbocycles. The Hall–Kier alpha value is -2.60. The molecule has 7 heteroatoms. The molecule has 6 nitrogen and oxygen atoms in total. The fourth-order valence-electron chi connectivity index (χ4n) is 2.44. The third-order valence-electron chi connectivity index (χ3n) is 3.45. The smallest absolute Gasteiger partial charge is 0.307 e. The molecule has 0 aliphatic heterocycles. The number of carboxylic acids is 1. The summed E-state index contributed by atoms with van der Waals surface area (Å²) in [5.74, 6) is -1.13. The third-order valence-corrected chi connectivity index (χ3v) is 3.68. The molecule has 0 saturated carbocycles. The molecule has 0 atom stereocenters. The minimum absolute atomic E-state index is 0.231. The number of rotatable bonds is 4. The first-order valence-electron chi connectivity index (χ1n) is 6.51. The number of aryl methyl sites for hydroxylation is 1. The molecule has 0 fully saturated rings. The van der Waals surface area contributed by atoms with E-state index in [9.17, 15) is 9.59 Å².